The van der Waals surface area contributed by atoms with Crippen molar-refractivity contribution in [1.29, 1.82) is 0 Å². The molecular formula is C19H28O5. The number of hydrogen-bond donors (Lipinski definition) is 0. The SMILES string of the molecule is C=C(C)C(=O)OCC1CCCC(COC(=O)C2CCC3OC3C2)C1. The van der Waals surface area contributed by atoms with Crippen LogP contribution in [0.15, 0.2) is 12.2 Å². The van der Waals surface area contributed by atoms with Crippen LogP contribution in [0.2, 0.25) is 0 Å². The molecule has 1 heterocycles. The maximum atomic E-state index is 12.2. The van der Waals surface area contributed by atoms with Gasteiger partial charge in [-0.05, 0) is 57.3 Å². The molecule has 24 heavy (non-hydrogen) atoms. The number of hydrogen-bond acceptors (Lipinski definition) is 5. The van der Waals surface area contributed by atoms with E-state index in [0.29, 0.717) is 42.8 Å². The molecule has 2 saturated carbocycles. The zero-order valence-electron chi connectivity index (χ0n) is 14.5. The molecule has 1 saturated heterocycles. The van der Waals surface area contributed by atoms with E-state index in [1.54, 1.807) is 6.92 Å². The minimum atomic E-state index is -0.318. The first-order valence-corrected chi connectivity index (χ1v) is 9.17. The summed E-state index contributed by atoms with van der Waals surface area (Å²) in [6.07, 6.45) is 7.62. The lowest BCUT2D eigenvalue weighted by Crippen LogP contribution is -2.28. The predicted octanol–water partition coefficient (Wildman–Crippen LogP) is 3.02. The highest BCUT2D eigenvalue weighted by molar-refractivity contribution is 5.86. The molecule has 0 radical (unpaired) electrons. The highest BCUT2D eigenvalue weighted by Crippen LogP contribution is 2.40. The van der Waals surface area contributed by atoms with Crippen LogP contribution in [0, 0.1) is 17.8 Å². The minimum absolute atomic E-state index is 0.0182. The smallest absolute Gasteiger partial charge is 0.333 e. The highest BCUT2D eigenvalue weighted by Gasteiger charge is 2.46. The van der Waals surface area contributed by atoms with Crippen molar-refractivity contribution in [3.05, 3.63) is 12.2 Å². The van der Waals surface area contributed by atoms with E-state index < -0.39 is 0 Å². The van der Waals surface area contributed by atoms with E-state index in [1.807, 2.05) is 0 Å². The van der Waals surface area contributed by atoms with Gasteiger partial charge in [-0.15, -0.1) is 0 Å². The molecule has 5 nitrogen and oxygen atoms in total. The van der Waals surface area contributed by atoms with Gasteiger partial charge in [0.15, 0.2) is 0 Å². The van der Waals surface area contributed by atoms with Gasteiger partial charge in [-0.3, -0.25) is 4.79 Å². The molecule has 0 aromatic rings. The molecule has 0 aromatic heterocycles. The van der Waals surface area contributed by atoms with Gasteiger partial charge in [0.25, 0.3) is 0 Å². The maximum Gasteiger partial charge on any atom is 0.333 e. The molecule has 2 aliphatic carbocycles. The molecule has 5 atom stereocenters. The highest BCUT2D eigenvalue weighted by atomic mass is 16.6. The van der Waals surface area contributed by atoms with Gasteiger partial charge in [0, 0.05) is 5.57 Å². The number of fused-ring (bicyclic) bond motifs is 1. The molecule has 0 bridgehead atoms. The fourth-order valence-electron chi connectivity index (χ4n) is 3.96. The topological polar surface area (TPSA) is 65.1 Å². The normalized spacial score (nSPS) is 34.8. The molecule has 3 aliphatic rings. The number of carbonyl (C=O) groups is 2. The third-order valence-electron chi connectivity index (χ3n) is 5.49. The van der Waals surface area contributed by atoms with Crippen molar-refractivity contribution in [2.45, 2.75) is 64.1 Å². The summed E-state index contributed by atoms with van der Waals surface area (Å²) in [5.74, 6) is 0.386. The van der Waals surface area contributed by atoms with Crippen LogP contribution in [-0.4, -0.2) is 37.4 Å². The Morgan fingerprint density at radius 2 is 1.71 bits per heavy atom. The van der Waals surface area contributed by atoms with Crippen molar-refractivity contribution in [2.75, 3.05) is 13.2 Å². The third kappa shape index (κ3) is 4.59. The molecule has 3 rings (SSSR count). The van der Waals surface area contributed by atoms with Crippen LogP contribution in [0.25, 0.3) is 0 Å². The van der Waals surface area contributed by atoms with Crippen LogP contribution in [0.4, 0.5) is 0 Å². The van der Waals surface area contributed by atoms with Gasteiger partial charge in [-0.1, -0.05) is 13.0 Å². The van der Waals surface area contributed by atoms with Crippen molar-refractivity contribution in [1.82, 2.24) is 0 Å². The lowest BCUT2D eigenvalue weighted by molar-refractivity contribution is -0.151. The van der Waals surface area contributed by atoms with E-state index >= 15 is 0 Å². The molecular weight excluding hydrogens is 308 g/mol. The maximum absolute atomic E-state index is 12.2. The second kappa shape index (κ2) is 7.68. The average molecular weight is 336 g/mol. The summed E-state index contributed by atoms with van der Waals surface area (Å²) in [4.78, 5) is 23.7. The average Bonchev–Trinajstić information content (AvgIpc) is 3.36. The van der Waals surface area contributed by atoms with Gasteiger partial charge in [0.2, 0.25) is 0 Å². The Hall–Kier alpha value is -1.36. The van der Waals surface area contributed by atoms with Crippen molar-refractivity contribution in [2.24, 2.45) is 17.8 Å². The van der Waals surface area contributed by atoms with E-state index in [-0.39, 0.29) is 17.9 Å². The number of carbonyl (C=O) groups excluding carboxylic acids is 2. The van der Waals surface area contributed by atoms with Crippen LogP contribution in [0.1, 0.15) is 51.9 Å². The third-order valence-corrected chi connectivity index (χ3v) is 5.49. The molecule has 5 heteroatoms. The van der Waals surface area contributed by atoms with E-state index in [9.17, 15) is 9.59 Å². The van der Waals surface area contributed by atoms with Gasteiger partial charge in [-0.25, -0.2) is 4.79 Å². The second-order valence-corrected chi connectivity index (χ2v) is 7.63. The fourth-order valence-corrected chi connectivity index (χ4v) is 3.96. The Morgan fingerprint density at radius 3 is 2.38 bits per heavy atom. The lowest BCUT2D eigenvalue weighted by Gasteiger charge is -2.29. The minimum Gasteiger partial charge on any atom is -0.465 e. The zero-order valence-corrected chi connectivity index (χ0v) is 14.5. The Labute approximate surface area is 143 Å². The zero-order chi connectivity index (χ0) is 17.1. The van der Waals surface area contributed by atoms with Gasteiger partial charge < -0.3 is 14.2 Å². The molecule has 5 unspecified atom stereocenters. The summed E-state index contributed by atoms with van der Waals surface area (Å²) in [6.45, 7) is 6.19. The molecule has 3 fully saturated rings. The van der Waals surface area contributed by atoms with Crippen LogP contribution < -0.4 is 0 Å². The molecule has 0 spiro atoms. The summed E-state index contributed by atoms with van der Waals surface area (Å²) >= 11 is 0. The van der Waals surface area contributed by atoms with Crippen molar-refractivity contribution in [3.8, 4) is 0 Å². The largest absolute Gasteiger partial charge is 0.465 e. The van der Waals surface area contributed by atoms with Crippen molar-refractivity contribution < 1.29 is 23.8 Å². The van der Waals surface area contributed by atoms with Crippen LogP contribution in [0.3, 0.4) is 0 Å². The summed E-state index contributed by atoms with van der Waals surface area (Å²) in [5, 5.41) is 0. The van der Waals surface area contributed by atoms with Crippen molar-refractivity contribution in [3.63, 3.8) is 0 Å². The standard InChI is InChI=1S/C19H28O5/c1-12(2)18(20)22-10-13-4-3-5-14(8-13)11-23-19(21)15-6-7-16-17(9-15)24-16/h13-17H,1,3-11H2,2H3. The van der Waals surface area contributed by atoms with E-state index in [4.69, 9.17) is 14.2 Å². The fraction of sp³-hybridized carbons (Fsp3) is 0.789. The number of ether oxygens (including phenoxy) is 3. The lowest BCUT2D eigenvalue weighted by atomic mass is 9.82. The van der Waals surface area contributed by atoms with Gasteiger partial charge in [0.1, 0.15) is 0 Å². The monoisotopic (exact) mass is 336 g/mol. The molecule has 0 N–H and O–H groups in total. The quantitative estimate of drug-likeness (QED) is 0.424. The first kappa shape index (κ1) is 17.5. The van der Waals surface area contributed by atoms with E-state index in [0.717, 1.165) is 44.9 Å². The van der Waals surface area contributed by atoms with Crippen LogP contribution in [-0.2, 0) is 23.8 Å². The Bertz CT molecular complexity index is 500. The summed E-state index contributed by atoms with van der Waals surface area (Å²) in [5.41, 5.74) is 0.436. The molecule has 0 aromatic carbocycles. The van der Waals surface area contributed by atoms with Crippen molar-refractivity contribution >= 4 is 11.9 Å². The van der Waals surface area contributed by atoms with Gasteiger partial charge in [-0.2, -0.15) is 0 Å². The predicted molar refractivity (Wildman–Crippen MR) is 88.2 cm³/mol. The molecule has 134 valence electrons. The molecule has 0 amide bonds. The Balaban J connectivity index is 1.36. The molecule has 1 aliphatic heterocycles. The van der Waals surface area contributed by atoms with Gasteiger partial charge >= 0.3 is 11.9 Å². The number of rotatable bonds is 6. The van der Waals surface area contributed by atoms with E-state index in [2.05, 4.69) is 6.58 Å². The Kier molecular flexibility index (Phi) is 5.59. The second-order valence-electron chi connectivity index (χ2n) is 7.63. The first-order valence-electron chi connectivity index (χ1n) is 9.17. The van der Waals surface area contributed by atoms with Gasteiger partial charge in [0.05, 0.1) is 31.3 Å². The van der Waals surface area contributed by atoms with Crippen LogP contribution in [0.5, 0.6) is 0 Å². The first-order chi connectivity index (χ1) is 11.5. The summed E-state index contributed by atoms with van der Waals surface area (Å²) in [7, 11) is 0. The summed E-state index contributed by atoms with van der Waals surface area (Å²) < 4.78 is 16.3. The summed E-state index contributed by atoms with van der Waals surface area (Å²) in [6, 6.07) is 0. The van der Waals surface area contributed by atoms with E-state index in [1.165, 1.54) is 0 Å². The number of esters is 2. The Morgan fingerprint density at radius 1 is 1.00 bits per heavy atom. The number of epoxide rings is 1. The van der Waals surface area contributed by atoms with Crippen LogP contribution >= 0.6 is 0 Å².